The fraction of sp³-hybridized carbons (Fsp3) is 0.583. The molecule has 0 aromatic heterocycles. The number of esters is 1. The summed E-state index contributed by atoms with van der Waals surface area (Å²) in [4.78, 5) is 24.7. The van der Waals surface area contributed by atoms with Crippen LogP contribution in [0.2, 0.25) is 0 Å². The van der Waals surface area contributed by atoms with Gasteiger partial charge in [0.2, 0.25) is 6.29 Å². The minimum atomic E-state index is -0.587. The number of nitrogens with one attached hydrogen (secondary N) is 1. The number of methoxy groups -OCH3 is 1. The zero-order chi connectivity index (χ0) is 22.2. The summed E-state index contributed by atoms with van der Waals surface area (Å²) in [5.41, 5.74) is 1.42. The molecule has 170 valence electrons. The molecule has 3 atom stereocenters. The van der Waals surface area contributed by atoms with Gasteiger partial charge in [0, 0.05) is 31.1 Å². The van der Waals surface area contributed by atoms with Crippen molar-refractivity contribution in [3.8, 4) is 0 Å². The van der Waals surface area contributed by atoms with Gasteiger partial charge in [0.15, 0.2) is 5.76 Å². The van der Waals surface area contributed by atoms with Crippen molar-refractivity contribution in [3.05, 3.63) is 47.2 Å². The summed E-state index contributed by atoms with van der Waals surface area (Å²) in [5.74, 6) is -0.553. The van der Waals surface area contributed by atoms with Gasteiger partial charge in [0.05, 0.1) is 12.7 Å². The SMILES string of the molecule is CCO[C@@H]1OC(C(=O)NC2CCCC2)=C[C@H](c2ccc(C(=O)OC)cc2)[C@H]1CCCO. The average molecular weight is 432 g/mol. The first kappa shape index (κ1) is 23.3. The predicted octanol–water partition coefficient (Wildman–Crippen LogP) is 3.28. The summed E-state index contributed by atoms with van der Waals surface area (Å²) in [5, 5.41) is 12.5. The van der Waals surface area contributed by atoms with E-state index in [-0.39, 0.29) is 36.2 Å². The highest BCUT2D eigenvalue weighted by atomic mass is 16.7. The number of amides is 1. The lowest BCUT2D eigenvalue weighted by Gasteiger charge is -2.37. The largest absolute Gasteiger partial charge is 0.465 e. The smallest absolute Gasteiger partial charge is 0.337 e. The van der Waals surface area contributed by atoms with E-state index in [1.54, 1.807) is 12.1 Å². The second kappa shape index (κ2) is 11.3. The first-order chi connectivity index (χ1) is 15.1. The number of carbonyl (C=O) groups excluding carboxylic acids is 2. The van der Waals surface area contributed by atoms with Gasteiger partial charge in [-0.2, -0.15) is 0 Å². The first-order valence-corrected chi connectivity index (χ1v) is 11.2. The second-order valence-corrected chi connectivity index (χ2v) is 8.10. The summed E-state index contributed by atoms with van der Waals surface area (Å²) in [6, 6.07) is 7.39. The molecule has 2 aliphatic rings. The topological polar surface area (TPSA) is 94.1 Å². The zero-order valence-electron chi connectivity index (χ0n) is 18.3. The molecule has 1 aliphatic heterocycles. The van der Waals surface area contributed by atoms with Gasteiger partial charge >= 0.3 is 5.97 Å². The van der Waals surface area contributed by atoms with E-state index in [4.69, 9.17) is 14.2 Å². The molecule has 0 saturated heterocycles. The number of benzene rings is 1. The number of ether oxygens (including phenoxy) is 3. The molecule has 3 rings (SSSR count). The molecule has 1 aromatic rings. The summed E-state index contributed by atoms with van der Waals surface area (Å²) in [6.07, 6.45) is 6.79. The number of hydrogen-bond acceptors (Lipinski definition) is 6. The number of hydrogen-bond donors (Lipinski definition) is 2. The first-order valence-electron chi connectivity index (χ1n) is 11.2. The third-order valence-corrected chi connectivity index (χ3v) is 6.04. The highest BCUT2D eigenvalue weighted by molar-refractivity contribution is 5.92. The average Bonchev–Trinajstić information content (AvgIpc) is 3.30. The maximum absolute atomic E-state index is 12.9. The Bertz CT molecular complexity index is 769. The molecule has 1 fully saturated rings. The Kier molecular flexibility index (Phi) is 8.49. The van der Waals surface area contributed by atoms with E-state index < -0.39 is 12.3 Å². The lowest BCUT2D eigenvalue weighted by atomic mass is 9.80. The van der Waals surface area contributed by atoms with Gasteiger partial charge in [0.25, 0.3) is 5.91 Å². The molecule has 1 aliphatic carbocycles. The Morgan fingerprint density at radius 2 is 1.90 bits per heavy atom. The standard InChI is InChI=1S/C24H33NO6/c1-3-30-24-19(9-6-14-26)20(16-10-12-17(13-11-16)23(28)29-2)15-21(31-24)22(27)25-18-7-4-5-8-18/h10-13,15,18-20,24,26H,3-9,14H2,1-2H3,(H,25,27)/t19-,20-,24-/m1/s1. The summed E-state index contributed by atoms with van der Waals surface area (Å²) < 4.78 is 16.7. The molecule has 7 heteroatoms. The molecule has 2 N–H and O–H groups in total. The number of allylic oxidation sites excluding steroid dienone is 1. The molecule has 1 aromatic carbocycles. The van der Waals surface area contributed by atoms with Crippen LogP contribution in [-0.4, -0.2) is 49.6 Å². The minimum Gasteiger partial charge on any atom is -0.465 e. The third kappa shape index (κ3) is 5.86. The van der Waals surface area contributed by atoms with E-state index in [2.05, 4.69) is 5.32 Å². The van der Waals surface area contributed by atoms with E-state index >= 15 is 0 Å². The number of rotatable bonds is 9. The van der Waals surface area contributed by atoms with Crippen molar-refractivity contribution >= 4 is 11.9 Å². The van der Waals surface area contributed by atoms with Crippen molar-refractivity contribution in [1.82, 2.24) is 5.32 Å². The lowest BCUT2D eigenvalue weighted by Crippen LogP contribution is -2.41. The van der Waals surface area contributed by atoms with E-state index in [0.717, 1.165) is 31.2 Å². The Morgan fingerprint density at radius 1 is 1.19 bits per heavy atom. The van der Waals surface area contributed by atoms with Gasteiger partial charge in [0.1, 0.15) is 0 Å². The molecule has 0 bridgehead atoms. The van der Waals surface area contributed by atoms with E-state index in [0.29, 0.717) is 25.0 Å². The quantitative estimate of drug-likeness (QED) is 0.583. The third-order valence-electron chi connectivity index (χ3n) is 6.04. The van der Waals surface area contributed by atoms with Crippen molar-refractivity contribution in [3.63, 3.8) is 0 Å². The highest BCUT2D eigenvalue weighted by Gasteiger charge is 2.38. The fourth-order valence-corrected chi connectivity index (χ4v) is 4.43. The number of carbonyl (C=O) groups is 2. The van der Waals surface area contributed by atoms with Gasteiger partial charge in [-0.1, -0.05) is 25.0 Å². The predicted molar refractivity (Wildman–Crippen MR) is 115 cm³/mol. The van der Waals surface area contributed by atoms with E-state index in [9.17, 15) is 14.7 Å². The van der Waals surface area contributed by atoms with E-state index in [1.807, 2.05) is 25.1 Å². The minimum absolute atomic E-state index is 0.0703. The Morgan fingerprint density at radius 3 is 2.52 bits per heavy atom. The molecule has 1 amide bonds. The van der Waals surface area contributed by atoms with Crippen LogP contribution in [0, 0.1) is 5.92 Å². The van der Waals surface area contributed by atoms with Crippen LogP contribution < -0.4 is 5.32 Å². The monoisotopic (exact) mass is 431 g/mol. The summed E-state index contributed by atoms with van der Waals surface area (Å²) in [6.45, 7) is 2.41. The van der Waals surface area contributed by atoms with Crippen LogP contribution in [0.25, 0.3) is 0 Å². The van der Waals surface area contributed by atoms with Crippen molar-refractivity contribution in [2.75, 3.05) is 20.3 Å². The van der Waals surface area contributed by atoms with Gasteiger partial charge in [-0.25, -0.2) is 4.79 Å². The molecular weight excluding hydrogens is 398 g/mol. The van der Waals surface area contributed by atoms with Crippen LogP contribution in [-0.2, 0) is 19.0 Å². The molecular formula is C24H33NO6. The van der Waals surface area contributed by atoms with Crippen LogP contribution >= 0.6 is 0 Å². The normalized spacial score (nSPS) is 23.7. The van der Waals surface area contributed by atoms with Crippen LogP contribution in [0.4, 0.5) is 0 Å². The van der Waals surface area contributed by atoms with Crippen molar-refractivity contribution in [1.29, 1.82) is 0 Å². The van der Waals surface area contributed by atoms with Gasteiger partial charge in [-0.15, -0.1) is 0 Å². The maximum atomic E-state index is 12.9. The Labute approximate surface area is 183 Å². The van der Waals surface area contributed by atoms with Gasteiger partial charge in [-0.05, 0) is 56.4 Å². The lowest BCUT2D eigenvalue weighted by molar-refractivity contribution is -0.166. The van der Waals surface area contributed by atoms with Gasteiger partial charge < -0.3 is 24.6 Å². The summed E-state index contributed by atoms with van der Waals surface area (Å²) >= 11 is 0. The maximum Gasteiger partial charge on any atom is 0.337 e. The second-order valence-electron chi connectivity index (χ2n) is 8.10. The van der Waals surface area contributed by atoms with Crippen LogP contribution in [0.3, 0.4) is 0 Å². The number of aliphatic hydroxyl groups is 1. The molecule has 0 spiro atoms. The molecule has 1 saturated carbocycles. The van der Waals surface area contributed by atoms with Crippen LogP contribution in [0.15, 0.2) is 36.1 Å². The molecule has 0 unspecified atom stereocenters. The van der Waals surface area contributed by atoms with Gasteiger partial charge in [-0.3, -0.25) is 4.79 Å². The Balaban J connectivity index is 1.89. The van der Waals surface area contributed by atoms with Crippen molar-refractivity contribution in [2.24, 2.45) is 5.92 Å². The molecule has 31 heavy (non-hydrogen) atoms. The fourth-order valence-electron chi connectivity index (χ4n) is 4.43. The zero-order valence-corrected chi connectivity index (χ0v) is 18.3. The Hall–Kier alpha value is -2.38. The molecule has 0 radical (unpaired) electrons. The van der Waals surface area contributed by atoms with E-state index in [1.165, 1.54) is 7.11 Å². The van der Waals surface area contributed by atoms with Crippen LogP contribution in [0.5, 0.6) is 0 Å². The number of aliphatic hydroxyl groups excluding tert-OH is 1. The highest BCUT2D eigenvalue weighted by Crippen LogP contribution is 2.39. The van der Waals surface area contributed by atoms with Crippen molar-refractivity contribution < 1.29 is 28.9 Å². The van der Waals surface area contributed by atoms with Crippen LogP contribution in [0.1, 0.15) is 67.3 Å². The van der Waals surface area contributed by atoms with Crippen molar-refractivity contribution in [2.45, 2.75) is 63.7 Å². The summed E-state index contributed by atoms with van der Waals surface area (Å²) in [7, 11) is 1.35. The molecule has 1 heterocycles. The molecule has 7 nitrogen and oxygen atoms in total.